The van der Waals surface area contributed by atoms with Gasteiger partial charge in [0.15, 0.2) is 0 Å². The lowest BCUT2D eigenvalue weighted by Gasteiger charge is -2.33. The molecule has 3 nitrogen and oxygen atoms in total. The van der Waals surface area contributed by atoms with Crippen LogP contribution in [0.15, 0.2) is 15.9 Å². The Balaban J connectivity index is 2.01. The fourth-order valence-electron chi connectivity index (χ4n) is 1.99. The monoisotopic (exact) mass is 304 g/mol. The second-order valence-electron chi connectivity index (χ2n) is 4.40. The minimum Gasteiger partial charge on any atom is -0.383 e. The third-order valence-corrected chi connectivity index (χ3v) is 4.72. The molecular weight excluding hydrogens is 288 g/mol. The van der Waals surface area contributed by atoms with Gasteiger partial charge in [0.05, 0.1) is 3.79 Å². The van der Waals surface area contributed by atoms with Gasteiger partial charge in [-0.3, -0.25) is 4.90 Å². The molecule has 0 aliphatic carbocycles. The van der Waals surface area contributed by atoms with Crippen LogP contribution >= 0.6 is 27.3 Å². The van der Waals surface area contributed by atoms with Crippen molar-refractivity contribution in [1.82, 2.24) is 10.2 Å². The molecular formula is C11H17BrN2OS. The first kappa shape index (κ1) is 12.5. The van der Waals surface area contributed by atoms with Crippen molar-refractivity contribution in [1.29, 1.82) is 0 Å². The van der Waals surface area contributed by atoms with Crippen molar-refractivity contribution in [3.8, 4) is 0 Å². The minimum atomic E-state index is -0.742. The summed E-state index contributed by atoms with van der Waals surface area (Å²) in [4.78, 5) is 3.34. The van der Waals surface area contributed by atoms with Crippen molar-refractivity contribution in [3.63, 3.8) is 0 Å². The van der Waals surface area contributed by atoms with Gasteiger partial charge in [0.25, 0.3) is 0 Å². The Hall–Kier alpha value is 0.0600. The molecule has 0 radical (unpaired) electrons. The van der Waals surface area contributed by atoms with E-state index in [1.807, 2.05) is 19.1 Å². The van der Waals surface area contributed by atoms with Gasteiger partial charge in [-0.25, -0.2) is 0 Å². The number of halogens is 1. The Morgan fingerprint density at radius 1 is 1.50 bits per heavy atom. The average molecular weight is 305 g/mol. The number of hydrogen-bond donors (Lipinski definition) is 2. The van der Waals surface area contributed by atoms with Gasteiger partial charge in [-0.05, 0) is 35.0 Å². The first-order valence-corrected chi connectivity index (χ1v) is 7.10. The molecule has 90 valence electrons. The zero-order valence-corrected chi connectivity index (χ0v) is 11.8. The summed E-state index contributed by atoms with van der Waals surface area (Å²) >= 11 is 5.04. The van der Waals surface area contributed by atoms with Gasteiger partial charge in [-0.2, -0.15) is 0 Å². The van der Waals surface area contributed by atoms with Crippen LogP contribution in [0, 0.1) is 0 Å². The molecule has 1 aliphatic heterocycles. The predicted octanol–water partition coefficient (Wildman–Crippen LogP) is 1.62. The molecule has 1 aromatic heterocycles. The first-order valence-electron chi connectivity index (χ1n) is 5.49. The molecule has 0 spiro atoms. The van der Waals surface area contributed by atoms with Crippen molar-refractivity contribution in [2.75, 3.05) is 32.7 Å². The van der Waals surface area contributed by atoms with Gasteiger partial charge in [0.2, 0.25) is 0 Å². The standard InChI is InChI=1S/C11H17BrN2OS/c1-11(15,9-2-3-10(12)16-9)8-14-6-4-13-5-7-14/h2-3,13,15H,4-8H2,1H3. The highest BCUT2D eigenvalue weighted by atomic mass is 79.9. The normalized spacial score (nSPS) is 21.9. The lowest BCUT2D eigenvalue weighted by Crippen LogP contribution is -2.48. The number of piperazine rings is 1. The summed E-state index contributed by atoms with van der Waals surface area (Å²) in [6.45, 7) is 6.68. The topological polar surface area (TPSA) is 35.5 Å². The van der Waals surface area contributed by atoms with Gasteiger partial charge >= 0.3 is 0 Å². The molecule has 1 saturated heterocycles. The number of thiophene rings is 1. The van der Waals surface area contributed by atoms with E-state index in [9.17, 15) is 5.11 Å². The van der Waals surface area contributed by atoms with Crippen molar-refractivity contribution >= 4 is 27.3 Å². The van der Waals surface area contributed by atoms with Gasteiger partial charge in [-0.1, -0.05) is 0 Å². The first-order chi connectivity index (χ1) is 7.58. The Kier molecular flexibility index (Phi) is 4.02. The van der Waals surface area contributed by atoms with Gasteiger partial charge < -0.3 is 10.4 Å². The Bertz CT molecular complexity index is 348. The summed E-state index contributed by atoms with van der Waals surface area (Å²) < 4.78 is 1.07. The van der Waals surface area contributed by atoms with E-state index in [0.29, 0.717) is 6.54 Å². The zero-order valence-electron chi connectivity index (χ0n) is 9.37. The van der Waals surface area contributed by atoms with Crippen LogP contribution in [0.4, 0.5) is 0 Å². The van der Waals surface area contributed by atoms with E-state index in [0.717, 1.165) is 34.8 Å². The van der Waals surface area contributed by atoms with Crippen molar-refractivity contribution in [2.24, 2.45) is 0 Å². The van der Waals surface area contributed by atoms with Crippen molar-refractivity contribution in [2.45, 2.75) is 12.5 Å². The summed E-state index contributed by atoms with van der Waals surface area (Å²) in [6.07, 6.45) is 0. The van der Waals surface area contributed by atoms with Gasteiger partial charge in [-0.15, -0.1) is 11.3 Å². The molecule has 0 saturated carbocycles. The van der Waals surface area contributed by atoms with E-state index in [1.165, 1.54) is 0 Å². The predicted molar refractivity (Wildman–Crippen MR) is 70.9 cm³/mol. The fourth-order valence-corrected chi connectivity index (χ4v) is 3.41. The smallest absolute Gasteiger partial charge is 0.109 e. The maximum Gasteiger partial charge on any atom is 0.109 e. The molecule has 1 aromatic rings. The van der Waals surface area contributed by atoms with E-state index >= 15 is 0 Å². The molecule has 16 heavy (non-hydrogen) atoms. The molecule has 0 aromatic carbocycles. The fraction of sp³-hybridized carbons (Fsp3) is 0.636. The zero-order chi connectivity index (χ0) is 11.6. The molecule has 1 unspecified atom stereocenters. The second kappa shape index (κ2) is 5.14. The molecule has 0 amide bonds. The number of nitrogens with one attached hydrogen (secondary N) is 1. The third kappa shape index (κ3) is 3.05. The molecule has 2 heterocycles. The van der Waals surface area contributed by atoms with E-state index in [1.54, 1.807) is 11.3 Å². The van der Waals surface area contributed by atoms with Gasteiger partial charge in [0.1, 0.15) is 5.60 Å². The van der Waals surface area contributed by atoms with E-state index in [2.05, 4.69) is 26.1 Å². The van der Waals surface area contributed by atoms with Crippen molar-refractivity contribution < 1.29 is 5.11 Å². The van der Waals surface area contributed by atoms with Gasteiger partial charge in [0, 0.05) is 37.6 Å². The van der Waals surface area contributed by atoms with E-state index in [4.69, 9.17) is 0 Å². The Morgan fingerprint density at radius 2 is 2.19 bits per heavy atom. The van der Waals surface area contributed by atoms with E-state index in [-0.39, 0.29) is 0 Å². The maximum absolute atomic E-state index is 10.5. The summed E-state index contributed by atoms with van der Waals surface area (Å²) in [5.74, 6) is 0. The number of rotatable bonds is 3. The molecule has 1 aliphatic rings. The summed E-state index contributed by atoms with van der Waals surface area (Å²) in [7, 11) is 0. The number of aliphatic hydroxyl groups is 1. The summed E-state index contributed by atoms with van der Waals surface area (Å²) in [6, 6.07) is 3.99. The van der Waals surface area contributed by atoms with Crippen LogP contribution in [0.2, 0.25) is 0 Å². The van der Waals surface area contributed by atoms with Crippen LogP contribution < -0.4 is 5.32 Å². The van der Waals surface area contributed by atoms with Crippen LogP contribution in [-0.2, 0) is 5.60 Å². The quantitative estimate of drug-likeness (QED) is 0.891. The summed E-state index contributed by atoms with van der Waals surface area (Å²) in [5, 5.41) is 13.8. The average Bonchev–Trinajstić information content (AvgIpc) is 2.66. The highest BCUT2D eigenvalue weighted by molar-refractivity contribution is 9.11. The van der Waals surface area contributed by atoms with Crippen molar-refractivity contribution in [3.05, 3.63) is 20.8 Å². The minimum absolute atomic E-state index is 0.710. The van der Waals surface area contributed by atoms with Crippen LogP contribution in [0.3, 0.4) is 0 Å². The largest absolute Gasteiger partial charge is 0.383 e. The van der Waals surface area contributed by atoms with Crippen LogP contribution in [0.1, 0.15) is 11.8 Å². The second-order valence-corrected chi connectivity index (χ2v) is 6.87. The molecule has 1 atom stereocenters. The molecule has 2 N–H and O–H groups in total. The summed E-state index contributed by atoms with van der Waals surface area (Å²) in [5.41, 5.74) is -0.742. The third-order valence-electron chi connectivity index (χ3n) is 2.85. The van der Waals surface area contributed by atoms with E-state index < -0.39 is 5.60 Å². The van der Waals surface area contributed by atoms with Crippen LogP contribution in [-0.4, -0.2) is 42.7 Å². The Morgan fingerprint density at radius 3 is 2.75 bits per heavy atom. The number of hydrogen-bond acceptors (Lipinski definition) is 4. The molecule has 0 bridgehead atoms. The molecule has 5 heteroatoms. The SMILES string of the molecule is CC(O)(CN1CCNCC1)c1ccc(Br)s1. The van der Waals surface area contributed by atoms with Crippen LogP contribution in [0.25, 0.3) is 0 Å². The highest BCUT2D eigenvalue weighted by Gasteiger charge is 2.28. The lowest BCUT2D eigenvalue weighted by molar-refractivity contribution is 0.0156. The maximum atomic E-state index is 10.5. The highest BCUT2D eigenvalue weighted by Crippen LogP contribution is 2.31. The Labute approximate surface area is 109 Å². The lowest BCUT2D eigenvalue weighted by atomic mass is 10.0. The molecule has 1 fully saturated rings. The van der Waals surface area contributed by atoms with Crippen LogP contribution in [0.5, 0.6) is 0 Å². The number of nitrogens with zero attached hydrogens (tertiary/aromatic N) is 1. The molecule has 2 rings (SSSR count). The number of β-amino-alcohol motifs (C(OH)–C–C–N with tert-alkyl or cyclic N) is 1.